The van der Waals surface area contributed by atoms with Crippen LogP contribution in [0.2, 0.25) is 0 Å². The van der Waals surface area contributed by atoms with Crippen LogP contribution >= 0.6 is 0 Å². The zero-order chi connectivity index (χ0) is 12.0. The molecule has 1 aromatic heterocycles. The number of nitrogens with zero attached hydrogens (tertiary/aromatic N) is 2. The Morgan fingerprint density at radius 2 is 2.31 bits per heavy atom. The SMILES string of the molecule is CCCn1nccc1CNCCS(N)(=O)=O. The summed E-state index contributed by atoms with van der Waals surface area (Å²) in [5.41, 5.74) is 1.05. The van der Waals surface area contributed by atoms with Gasteiger partial charge in [0.25, 0.3) is 0 Å². The van der Waals surface area contributed by atoms with Crippen molar-refractivity contribution in [2.24, 2.45) is 5.14 Å². The smallest absolute Gasteiger partial charge is 0.210 e. The molecule has 0 saturated heterocycles. The molecule has 0 amide bonds. The summed E-state index contributed by atoms with van der Waals surface area (Å²) in [4.78, 5) is 0. The topological polar surface area (TPSA) is 90.0 Å². The molecule has 7 heteroatoms. The molecule has 0 aliphatic heterocycles. The third kappa shape index (κ3) is 4.73. The van der Waals surface area contributed by atoms with Crippen molar-refractivity contribution < 1.29 is 8.42 Å². The van der Waals surface area contributed by atoms with Gasteiger partial charge in [0.15, 0.2) is 0 Å². The second kappa shape index (κ2) is 5.97. The van der Waals surface area contributed by atoms with Crippen LogP contribution in [0.25, 0.3) is 0 Å². The molecule has 0 aromatic carbocycles. The van der Waals surface area contributed by atoms with Crippen molar-refractivity contribution in [1.82, 2.24) is 15.1 Å². The molecule has 0 atom stereocenters. The van der Waals surface area contributed by atoms with Crippen molar-refractivity contribution in [3.05, 3.63) is 18.0 Å². The van der Waals surface area contributed by atoms with E-state index in [1.165, 1.54) is 0 Å². The Balaban J connectivity index is 2.34. The van der Waals surface area contributed by atoms with E-state index in [1.54, 1.807) is 6.20 Å². The third-order valence-electron chi connectivity index (χ3n) is 2.11. The van der Waals surface area contributed by atoms with Gasteiger partial charge in [0.2, 0.25) is 10.0 Å². The lowest BCUT2D eigenvalue weighted by Gasteiger charge is -2.07. The Labute approximate surface area is 95.9 Å². The number of primary sulfonamides is 1. The molecule has 0 radical (unpaired) electrons. The van der Waals surface area contributed by atoms with Gasteiger partial charge in [0.05, 0.1) is 11.4 Å². The van der Waals surface area contributed by atoms with Crippen LogP contribution in [0, 0.1) is 0 Å². The maximum absolute atomic E-state index is 10.7. The van der Waals surface area contributed by atoms with Gasteiger partial charge in [-0.05, 0) is 12.5 Å². The minimum atomic E-state index is -3.37. The van der Waals surface area contributed by atoms with E-state index in [9.17, 15) is 8.42 Å². The summed E-state index contributed by atoms with van der Waals surface area (Å²) >= 11 is 0. The molecule has 3 N–H and O–H groups in total. The van der Waals surface area contributed by atoms with Crippen LogP contribution in [0.4, 0.5) is 0 Å². The normalized spacial score (nSPS) is 11.9. The largest absolute Gasteiger partial charge is 0.310 e. The number of hydrogen-bond acceptors (Lipinski definition) is 4. The van der Waals surface area contributed by atoms with E-state index in [0.29, 0.717) is 13.1 Å². The Kier molecular flexibility index (Phi) is 4.91. The molecule has 6 nitrogen and oxygen atoms in total. The van der Waals surface area contributed by atoms with E-state index >= 15 is 0 Å². The lowest BCUT2D eigenvalue weighted by molar-refractivity contribution is 0.552. The quantitative estimate of drug-likeness (QED) is 0.645. The molecule has 0 aliphatic rings. The zero-order valence-corrected chi connectivity index (χ0v) is 10.2. The van der Waals surface area contributed by atoms with Gasteiger partial charge >= 0.3 is 0 Å². The lowest BCUT2D eigenvalue weighted by atomic mass is 10.4. The molecule has 92 valence electrons. The van der Waals surface area contributed by atoms with Crippen molar-refractivity contribution >= 4 is 10.0 Å². The number of aryl methyl sites for hydroxylation is 1. The number of sulfonamides is 1. The first-order valence-corrected chi connectivity index (χ1v) is 6.96. The van der Waals surface area contributed by atoms with Crippen LogP contribution in [-0.4, -0.2) is 30.5 Å². The highest BCUT2D eigenvalue weighted by molar-refractivity contribution is 7.89. The fourth-order valence-corrected chi connectivity index (χ4v) is 1.78. The summed E-state index contributed by atoms with van der Waals surface area (Å²) in [7, 11) is -3.37. The Morgan fingerprint density at radius 3 is 2.94 bits per heavy atom. The van der Waals surface area contributed by atoms with E-state index in [4.69, 9.17) is 5.14 Å². The van der Waals surface area contributed by atoms with Crippen molar-refractivity contribution in [3.8, 4) is 0 Å². The summed E-state index contributed by atoms with van der Waals surface area (Å²) in [5.74, 6) is -0.0467. The van der Waals surface area contributed by atoms with Crippen LogP contribution in [0.3, 0.4) is 0 Å². The predicted octanol–water partition coefficient (Wildman–Crippen LogP) is -0.329. The summed E-state index contributed by atoms with van der Waals surface area (Å²) in [6, 6.07) is 1.92. The highest BCUT2D eigenvalue weighted by Gasteiger charge is 2.03. The van der Waals surface area contributed by atoms with Gasteiger partial charge in [0, 0.05) is 25.8 Å². The highest BCUT2D eigenvalue weighted by Crippen LogP contribution is 1.99. The molecule has 16 heavy (non-hydrogen) atoms. The van der Waals surface area contributed by atoms with Gasteiger partial charge < -0.3 is 5.32 Å². The van der Waals surface area contributed by atoms with Gasteiger partial charge in [-0.15, -0.1) is 0 Å². The van der Waals surface area contributed by atoms with Gasteiger partial charge in [-0.2, -0.15) is 5.10 Å². The molecule has 1 heterocycles. The first-order chi connectivity index (χ1) is 7.53. The minimum absolute atomic E-state index is 0.0467. The average molecular weight is 246 g/mol. The first kappa shape index (κ1) is 13.1. The van der Waals surface area contributed by atoms with Crippen molar-refractivity contribution in [2.75, 3.05) is 12.3 Å². The van der Waals surface area contributed by atoms with Crippen molar-refractivity contribution in [2.45, 2.75) is 26.4 Å². The van der Waals surface area contributed by atoms with Gasteiger partial charge in [-0.3, -0.25) is 4.68 Å². The number of nitrogens with two attached hydrogens (primary N) is 1. The van der Waals surface area contributed by atoms with Crippen LogP contribution < -0.4 is 10.5 Å². The summed E-state index contributed by atoms with van der Waals surface area (Å²) in [5, 5.41) is 12.1. The van der Waals surface area contributed by atoms with Gasteiger partial charge in [-0.25, -0.2) is 13.6 Å². The molecule has 0 fully saturated rings. The summed E-state index contributed by atoms with van der Waals surface area (Å²) < 4.78 is 23.3. The monoisotopic (exact) mass is 246 g/mol. The molecule has 1 rings (SSSR count). The van der Waals surface area contributed by atoms with E-state index in [0.717, 1.165) is 18.7 Å². The van der Waals surface area contributed by atoms with E-state index in [1.807, 2.05) is 10.7 Å². The Morgan fingerprint density at radius 1 is 1.56 bits per heavy atom. The molecular weight excluding hydrogens is 228 g/mol. The van der Waals surface area contributed by atoms with E-state index in [-0.39, 0.29) is 5.75 Å². The van der Waals surface area contributed by atoms with Crippen molar-refractivity contribution in [1.29, 1.82) is 0 Å². The summed E-state index contributed by atoms with van der Waals surface area (Å²) in [6.45, 7) is 3.92. The lowest BCUT2D eigenvalue weighted by Crippen LogP contribution is -2.27. The number of nitrogens with one attached hydrogen (secondary N) is 1. The molecule has 0 aliphatic carbocycles. The number of rotatable bonds is 7. The Bertz CT molecular complexity index is 413. The van der Waals surface area contributed by atoms with Crippen LogP contribution in [0.5, 0.6) is 0 Å². The van der Waals surface area contributed by atoms with Crippen LogP contribution in [0.15, 0.2) is 12.3 Å². The molecule has 0 saturated carbocycles. The standard InChI is InChI=1S/C9H18N4O2S/c1-2-6-13-9(3-4-12-13)8-11-5-7-16(10,14)15/h3-4,11H,2,5-8H2,1H3,(H2,10,14,15). The van der Waals surface area contributed by atoms with E-state index in [2.05, 4.69) is 17.3 Å². The van der Waals surface area contributed by atoms with E-state index < -0.39 is 10.0 Å². The fraction of sp³-hybridized carbons (Fsp3) is 0.667. The molecular formula is C9H18N4O2S. The maximum Gasteiger partial charge on any atom is 0.210 e. The van der Waals surface area contributed by atoms with Gasteiger partial charge in [-0.1, -0.05) is 6.92 Å². The van der Waals surface area contributed by atoms with Crippen LogP contribution in [0.1, 0.15) is 19.0 Å². The summed E-state index contributed by atoms with van der Waals surface area (Å²) in [6.07, 6.45) is 2.76. The van der Waals surface area contributed by atoms with Crippen LogP contribution in [-0.2, 0) is 23.1 Å². The molecule has 1 aromatic rings. The number of aromatic nitrogens is 2. The van der Waals surface area contributed by atoms with Gasteiger partial charge in [0.1, 0.15) is 0 Å². The minimum Gasteiger partial charge on any atom is -0.310 e. The molecule has 0 spiro atoms. The van der Waals surface area contributed by atoms with Crippen molar-refractivity contribution in [3.63, 3.8) is 0 Å². The third-order valence-corrected chi connectivity index (χ3v) is 2.88. The Hall–Kier alpha value is -0.920. The zero-order valence-electron chi connectivity index (χ0n) is 9.39. The average Bonchev–Trinajstić information content (AvgIpc) is 2.60. The number of hydrogen-bond donors (Lipinski definition) is 2. The highest BCUT2D eigenvalue weighted by atomic mass is 32.2. The molecule has 0 unspecified atom stereocenters. The second-order valence-corrected chi connectivity index (χ2v) is 5.32. The molecule has 0 bridgehead atoms. The predicted molar refractivity (Wildman–Crippen MR) is 62.2 cm³/mol. The maximum atomic E-state index is 10.7. The fourth-order valence-electron chi connectivity index (χ4n) is 1.35. The second-order valence-electron chi connectivity index (χ2n) is 3.59. The first-order valence-electron chi connectivity index (χ1n) is 5.25.